The number of fused-ring (bicyclic) bond motifs is 1. The summed E-state index contributed by atoms with van der Waals surface area (Å²) in [5.41, 5.74) is 2.42. The summed E-state index contributed by atoms with van der Waals surface area (Å²) >= 11 is 0. The Hall–Kier alpha value is -3.86. The first-order chi connectivity index (χ1) is 15.1. The van der Waals surface area contributed by atoms with Gasteiger partial charge in [-0.1, -0.05) is 61.5 Å². The monoisotopic (exact) mass is 413 g/mol. The van der Waals surface area contributed by atoms with Crippen molar-refractivity contribution in [3.8, 4) is 5.75 Å². The third-order valence-electron chi connectivity index (χ3n) is 5.36. The Morgan fingerprint density at radius 1 is 1.00 bits per heavy atom. The second-order valence-electron chi connectivity index (χ2n) is 7.44. The topological polar surface area (TPSA) is 79.5 Å². The summed E-state index contributed by atoms with van der Waals surface area (Å²) in [6.07, 6.45) is 0.857. The molecule has 0 aliphatic rings. The van der Waals surface area contributed by atoms with Gasteiger partial charge in [-0.3, -0.25) is 4.79 Å². The van der Waals surface area contributed by atoms with Crippen LogP contribution in [0.15, 0.2) is 88.1 Å². The van der Waals surface area contributed by atoms with Gasteiger partial charge >= 0.3 is 5.63 Å². The number of amides is 1. The number of nitrogens with one attached hydrogen (secondary N) is 1. The molecule has 0 bridgehead atoms. The van der Waals surface area contributed by atoms with Gasteiger partial charge in [0, 0.05) is 11.6 Å². The van der Waals surface area contributed by atoms with Gasteiger partial charge in [0.25, 0.3) is 0 Å². The molecule has 4 rings (SSSR count). The van der Waals surface area contributed by atoms with Crippen molar-refractivity contribution in [3.63, 3.8) is 0 Å². The number of hydrogen-bond donors (Lipinski definition) is 2. The van der Waals surface area contributed by atoms with E-state index in [0.29, 0.717) is 23.1 Å². The summed E-state index contributed by atoms with van der Waals surface area (Å²) in [5.74, 6) is -0.548. The van der Waals surface area contributed by atoms with Gasteiger partial charge in [0.15, 0.2) is 0 Å². The molecule has 1 atom stereocenters. The second kappa shape index (κ2) is 8.88. The zero-order chi connectivity index (χ0) is 21.8. The fourth-order valence-corrected chi connectivity index (χ4v) is 3.88. The maximum Gasteiger partial charge on any atom is 0.343 e. The van der Waals surface area contributed by atoms with Crippen LogP contribution in [0.1, 0.15) is 36.0 Å². The highest BCUT2D eigenvalue weighted by Gasteiger charge is 2.23. The molecule has 3 aromatic carbocycles. The molecule has 0 aliphatic heterocycles. The Labute approximate surface area is 180 Å². The molecule has 5 nitrogen and oxygen atoms in total. The van der Waals surface area contributed by atoms with Crippen molar-refractivity contribution in [3.05, 3.63) is 106 Å². The van der Waals surface area contributed by atoms with E-state index in [2.05, 4.69) is 5.32 Å². The van der Waals surface area contributed by atoms with Gasteiger partial charge in [0.2, 0.25) is 5.91 Å². The number of anilines is 1. The number of carbonyl (C=O) groups excluding carboxylic acids is 1. The molecule has 31 heavy (non-hydrogen) atoms. The molecule has 5 heteroatoms. The minimum Gasteiger partial charge on any atom is -0.507 e. The Bertz CT molecular complexity index is 1280. The first-order valence-electron chi connectivity index (χ1n) is 10.2. The molecule has 0 spiro atoms. The summed E-state index contributed by atoms with van der Waals surface area (Å²) in [4.78, 5) is 25.1. The Kier molecular flexibility index (Phi) is 5.85. The van der Waals surface area contributed by atoms with E-state index in [1.165, 1.54) is 0 Å². The van der Waals surface area contributed by atoms with E-state index in [4.69, 9.17) is 4.42 Å². The minimum atomic E-state index is -0.554. The van der Waals surface area contributed by atoms with Crippen LogP contribution in [-0.4, -0.2) is 11.0 Å². The highest BCUT2D eigenvalue weighted by Crippen LogP contribution is 2.36. The molecule has 1 amide bonds. The van der Waals surface area contributed by atoms with Crippen molar-refractivity contribution in [2.24, 2.45) is 0 Å². The zero-order valence-corrected chi connectivity index (χ0v) is 17.2. The quantitative estimate of drug-likeness (QED) is 0.425. The lowest BCUT2D eigenvalue weighted by atomic mass is 9.88. The lowest BCUT2D eigenvalue weighted by Gasteiger charge is -2.18. The van der Waals surface area contributed by atoms with E-state index in [-0.39, 0.29) is 29.6 Å². The average Bonchev–Trinajstić information content (AvgIpc) is 2.77. The first kappa shape index (κ1) is 20.4. The highest BCUT2D eigenvalue weighted by atomic mass is 16.4. The molecule has 0 saturated heterocycles. The van der Waals surface area contributed by atoms with Crippen LogP contribution in [0.5, 0.6) is 5.75 Å². The maximum atomic E-state index is 12.7. The third kappa shape index (κ3) is 4.36. The van der Waals surface area contributed by atoms with E-state index in [0.717, 1.165) is 11.1 Å². The van der Waals surface area contributed by atoms with Gasteiger partial charge in [-0.25, -0.2) is 4.79 Å². The molecule has 2 N–H and O–H groups in total. The molecule has 1 unspecified atom stereocenters. The number of hydrogen-bond acceptors (Lipinski definition) is 4. The SMILES string of the molecule is CCC(c1cccc(NC(=O)Cc2ccccc2)c1)c1c(O)c2ccccc2oc1=O. The number of benzene rings is 3. The Morgan fingerprint density at radius 2 is 1.74 bits per heavy atom. The van der Waals surface area contributed by atoms with Gasteiger partial charge in [0.1, 0.15) is 11.3 Å². The molecular weight excluding hydrogens is 390 g/mol. The minimum absolute atomic E-state index is 0.0581. The molecule has 1 heterocycles. The van der Waals surface area contributed by atoms with E-state index >= 15 is 0 Å². The van der Waals surface area contributed by atoms with Crippen molar-refractivity contribution in [2.45, 2.75) is 25.7 Å². The molecule has 0 aliphatic carbocycles. The van der Waals surface area contributed by atoms with Gasteiger partial charge in [-0.05, 0) is 41.8 Å². The highest BCUT2D eigenvalue weighted by molar-refractivity contribution is 5.92. The molecule has 0 fully saturated rings. The maximum absolute atomic E-state index is 12.7. The van der Waals surface area contributed by atoms with Crippen molar-refractivity contribution in [2.75, 3.05) is 5.32 Å². The fraction of sp³-hybridized carbons (Fsp3) is 0.154. The van der Waals surface area contributed by atoms with E-state index in [1.807, 2.05) is 61.5 Å². The van der Waals surface area contributed by atoms with E-state index in [9.17, 15) is 14.7 Å². The standard InChI is InChI=1S/C26H23NO4/c1-2-20(24-25(29)21-13-6-7-14-22(21)31-26(24)30)18-11-8-12-19(16-18)27-23(28)15-17-9-4-3-5-10-17/h3-14,16,20,29H,2,15H2,1H3,(H,27,28). The van der Waals surface area contributed by atoms with Crippen molar-refractivity contribution in [1.82, 2.24) is 0 Å². The second-order valence-corrected chi connectivity index (χ2v) is 7.44. The van der Waals surface area contributed by atoms with Crippen LogP contribution in [0.2, 0.25) is 0 Å². The molecule has 1 aromatic heterocycles. The van der Waals surface area contributed by atoms with Crippen LogP contribution in [0, 0.1) is 0 Å². The van der Waals surface area contributed by atoms with Crippen LogP contribution in [-0.2, 0) is 11.2 Å². The lowest BCUT2D eigenvalue weighted by Crippen LogP contribution is -2.16. The van der Waals surface area contributed by atoms with Crippen LogP contribution < -0.4 is 10.9 Å². The summed E-state index contributed by atoms with van der Waals surface area (Å²) in [5, 5.41) is 14.3. The van der Waals surface area contributed by atoms with Crippen LogP contribution in [0.25, 0.3) is 11.0 Å². The normalized spacial score (nSPS) is 11.9. The Balaban J connectivity index is 1.64. The smallest absolute Gasteiger partial charge is 0.343 e. The molecule has 156 valence electrons. The fourth-order valence-electron chi connectivity index (χ4n) is 3.88. The molecule has 0 saturated carbocycles. The summed E-state index contributed by atoms with van der Waals surface area (Å²) in [6.45, 7) is 1.94. The largest absolute Gasteiger partial charge is 0.507 e. The number of aromatic hydroxyl groups is 1. The average molecular weight is 413 g/mol. The third-order valence-corrected chi connectivity index (χ3v) is 5.36. The van der Waals surface area contributed by atoms with Crippen molar-refractivity contribution >= 4 is 22.6 Å². The first-order valence-corrected chi connectivity index (χ1v) is 10.2. The predicted molar refractivity (Wildman–Crippen MR) is 122 cm³/mol. The summed E-state index contributed by atoms with van der Waals surface area (Å²) in [7, 11) is 0. The van der Waals surface area contributed by atoms with E-state index in [1.54, 1.807) is 24.3 Å². The van der Waals surface area contributed by atoms with Crippen molar-refractivity contribution < 1.29 is 14.3 Å². The lowest BCUT2D eigenvalue weighted by molar-refractivity contribution is -0.115. The predicted octanol–water partition coefficient (Wildman–Crippen LogP) is 5.22. The van der Waals surface area contributed by atoms with Gasteiger partial charge < -0.3 is 14.8 Å². The molecular formula is C26H23NO4. The number of para-hydroxylation sites is 1. The van der Waals surface area contributed by atoms with E-state index < -0.39 is 5.63 Å². The van der Waals surface area contributed by atoms with Gasteiger partial charge in [-0.15, -0.1) is 0 Å². The van der Waals surface area contributed by atoms with Crippen LogP contribution >= 0.6 is 0 Å². The Morgan fingerprint density at radius 3 is 2.52 bits per heavy atom. The zero-order valence-electron chi connectivity index (χ0n) is 17.2. The van der Waals surface area contributed by atoms with Crippen LogP contribution in [0.4, 0.5) is 5.69 Å². The molecule has 0 radical (unpaired) electrons. The molecule has 4 aromatic rings. The van der Waals surface area contributed by atoms with Gasteiger partial charge in [-0.2, -0.15) is 0 Å². The number of rotatable bonds is 6. The van der Waals surface area contributed by atoms with Gasteiger partial charge in [0.05, 0.1) is 17.4 Å². The number of carbonyl (C=O) groups is 1. The summed E-state index contributed by atoms with van der Waals surface area (Å²) < 4.78 is 5.45. The van der Waals surface area contributed by atoms with Crippen molar-refractivity contribution in [1.29, 1.82) is 0 Å². The van der Waals surface area contributed by atoms with Crippen LogP contribution in [0.3, 0.4) is 0 Å². The summed E-state index contributed by atoms with van der Waals surface area (Å²) in [6, 6.07) is 23.8.